The molecule has 43 heavy (non-hydrogen) atoms. The molecule has 3 saturated heterocycles. The van der Waals surface area contributed by atoms with Crippen LogP contribution in [0.25, 0.3) is 11.4 Å². The van der Waals surface area contributed by atoms with Crippen molar-refractivity contribution in [2.45, 2.75) is 6.42 Å². The Morgan fingerprint density at radius 2 is 1.26 bits per heavy atom. The van der Waals surface area contributed by atoms with Gasteiger partial charge in [0.2, 0.25) is 11.9 Å². The maximum absolute atomic E-state index is 12.7. The summed E-state index contributed by atoms with van der Waals surface area (Å²) >= 11 is 0. The number of carbonyl (C=O) groups excluding carboxylic acids is 2. The molecule has 3 aliphatic rings. The maximum Gasteiger partial charge on any atom is 0.323 e. The van der Waals surface area contributed by atoms with Crippen LogP contribution in [-0.2, 0) is 4.74 Å². The van der Waals surface area contributed by atoms with Gasteiger partial charge in [-0.2, -0.15) is 15.0 Å². The zero-order valence-corrected chi connectivity index (χ0v) is 24.2. The van der Waals surface area contributed by atoms with Gasteiger partial charge in [0, 0.05) is 81.4 Å². The molecule has 0 radical (unpaired) electrons. The van der Waals surface area contributed by atoms with E-state index in [9.17, 15) is 9.59 Å². The first-order valence-electron chi connectivity index (χ1n) is 15.0. The lowest BCUT2D eigenvalue weighted by Gasteiger charge is -2.28. The molecular weight excluding hydrogens is 548 g/mol. The lowest BCUT2D eigenvalue weighted by atomic mass is 10.1. The van der Waals surface area contributed by atoms with Crippen LogP contribution in [0.4, 0.5) is 28.1 Å². The van der Waals surface area contributed by atoms with Crippen LogP contribution in [0, 0.1) is 0 Å². The van der Waals surface area contributed by atoms with Crippen molar-refractivity contribution in [3.05, 3.63) is 54.1 Å². The Labute approximate surface area is 251 Å². The Kier molecular flexibility index (Phi) is 9.21. The molecule has 3 aliphatic heterocycles. The molecule has 3 aromatic rings. The molecule has 0 bridgehead atoms. The Bertz CT molecular complexity index is 1380. The molecule has 4 heterocycles. The molecule has 4 N–H and O–H groups in total. The van der Waals surface area contributed by atoms with Gasteiger partial charge in [-0.05, 0) is 61.5 Å². The highest BCUT2D eigenvalue weighted by Gasteiger charge is 2.21. The summed E-state index contributed by atoms with van der Waals surface area (Å²) in [4.78, 5) is 46.1. The molecule has 3 fully saturated rings. The molecule has 2 aromatic carbocycles. The highest BCUT2D eigenvalue weighted by atomic mass is 16.5. The minimum Gasteiger partial charge on any atom is -0.378 e. The first-order valence-corrected chi connectivity index (χ1v) is 15.0. The fraction of sp³-hybridized carbons (Fsp3) is 0.433. The first kappa shape index (κ1) is 28.8. The van der Waals surface area contributed by atoms with Crippen molar-refractivity contribution in [1.29, 1.82) is 0 Å². The number of urea groups is 1. The van der Waals surface area contributed by atoms with E-state index in [0.29, 0.717) is 61.0 Å². The molecule has 0 atom stereocenters. The standard InChI is InChI=1S/C30H38N10O3/c41-27(38-15-11-32-12-16-38)23-4-8-25(9-5-23)34-30(42)33-24-6-2-22(3-7-24)26-35-28(39-14-1-10-31-13-17-39)37-29(36-26)40-18-20-43-21-19-40/h2-9,31-32H,1,10-21H2,(H2,33,34,42). The second-order valence-electron chi connectivity index (χ2n) is 10.7. The van der Waals surface area contributed by atoms with Crippen LogP contribution in [0.15, 0.2) is 48.5 Å². The van der Waals surface area contributed by atoms with Crippen molar-refractivity contribution < 1.29 is 14.3 Å². The third-order valence-corrected chi connectivity index (χ3v) is 7.72. The van der Waals surface area contributed by atoms with E-state index < -0.39 is 0 Å². The number of amides is 3. The quantitative estimate of drug-likeness (QED) is 0.338. The summed E-state index contributed by atoms with van der Waals surface area (Å²) in [6.07, 6.45) is 1.02. The lowest BCUT2D eigenvalue weighted by molar-refractivity contribution is 0.0736. The molecule has 0 spiro atoms. The molecule has 0 aliphatic carbocycles. The third kappa shape index (κ3) is 7.37. The zero-order valence-electron chi connectivity index (χ0n) is 24.2. The van der Waals surface area contributed by atoms with Gasteiger partial charge < -0.3 is 40.7 Å². The number of benzene rings is 2. The zero-order chi connectivity index (χ0) is 29.4. The van der Waals surface area contributed by atoms with E-state index in [-0.39, 0.29) is 11.9 Å². The average Bonchev–Trinajstić information content (AvgIpc) is 3.36. The number of rotatable bonds is 6. The summed E-state index contributed by atoms with van der Waals surface area (Å²) in [6.45, 7) is 9.32. The smallest absolute Gasteiger partial charge is 0.323 e. The molecule has 1 aromatic heterocycles. The second-order valence-corrected chi connectivity index (χ2v) is 10.7. The van der Waals surface area contributed by atoms with Crippen LogP contribution in [0.3, 0.4) is 0 Å². The largest absolute Gasteiger partial charge is 0.378 e. The lowest BCUT2D eigenvalue weighted by Crippen LogP contribution is -2.46. The van der Waals surface area contributed by atoms with Crippen molar-refractivity contribution in [1.82, 2.24) is 30.5 Å². The highest BCUT2D eigenvalue weighted by Crippen LogP contribution is 2.24. The van der Waals surface area contributed by atoms with Crippen LogP contribution in [-0.4, -0.2) is 110 Å². The first-order chi connectivity index (χ1) is 21.1. The second kappa shape index (κ2) is 13.8. The van der Waals surface area contributed by atoms with Crippen molar-refractivity contribution in [3.8, 4) is 11.4 Å². The van der Waals surface area contributed by atoms with E-state index in [1.165, 1.54) is 0 Å². The molecule has 226 valence electrons. The number of nitrogens with zero attached hydrogens (tertiary/aromatic N) is 6. The van der Waals surface area contributed by atoms with Gasteiger partial charge in [-0.15, -0.1) is 0 Å². The summed E-state index contributed by atoms with van der Waals surface area (Å²) in [5.41, 5.74) is 2.67. The molecule has 3 amide bonds. The summed E-state index contributed by atoms with van der Waals surface area (Å²) in [5, 5.41) is 12.4. The van der Waals surface area contributed by atoms with Crippen molar-refractivity contribution in [3.63, 3.8) is 0 Å². The van der Waals surface area contributed by atoms with E-state index in [4.69, 9.17) is 19.7 Å². The van der Waals surface area contributed by atoms with Gasteiger partial charge in [0.15, 0.2) is 5.82 Å². The van der Waals surface area contributed by atoms with Gasteiger partial charge >= 0.3 is 6.03 Å². The Morgan fingerprint density at radius 3 is 1.93 bits per heavy atom. The van der Waals surface area contributed by atoms with Crippen molar-refractivity contribution >= 4 is 35.2 Å². The van der Waals surface area contributed by atoms with Crippen LogP contribution in [0.5, 0.6) is 0 Å². The van der Waals surface area contributed by atoms with E-state index in [1.54, 1.807) is 24.3 Å². The monoisotopic (exact) mass is 586 g/mol. The van der Waals surface area contributed by atoms with Gasteiger partial charge in [0.1, 0.15) is 0 Å². The third-order valence-electron chi connectivity index (χ3n) is 7.72. The molecule has 13 heteroatoms. The van der Waals surface area contributed by atoms with Crippen LogP contribution in [0.2, 0.25) is 0 Å². The number of piperazine rings is 1. The fourth-order valence-electron chi connectivity index (χ4n) is 5.32. The molecule has 13 nitrogen and oxygen atoms in total. The molecule has 6 rings (SSSR count). The number of nitrogens with one attached hydrogen (secondary N) is 4. The number of hydrogen-bond acceptors (Lipinski definition) is 10. The number of morpholine rings is 1. The van der Waals surface area contributed by atoms with E-state index in [2.05, 4.69) is 31.1 Å². The van der Waals surface area contributed by atoms with Crippen LogP contribution < -0.4 is 31.1 Å². The van der Waals surface area contributed by atoms with Crippen molar-refractivity contribution in [2.75, 3.05) is 99.1 Å². The topological polar surface area (TPSA) is 140 Å². The summed E-state index contributed by atoms with van der Waals surface area (Å²) < 4.78 is 5.53. The van der Waals surface area contributed by atoms with Crippen LogP contribution in [0.1, 0.15) is 16.8 Å². The summed E-state index contributed by atoms with van der Waals surface area (Å²) in [6, 6.07) is 14.1. The molecular formula is C30H38N10O3. The fourth-order valence-corrected chi connectivity index (χ4v) is 5.32. The number of carbonyl (C=O) groups is 2. The predicted molar refractivity (Wildman–Crippen MR) is 166 cm³/mol. The average molecular weight is 587 g/mol. The normalized spacial score (nSPS) is 17.7. The van der Waals surface area contributed by atoms with E-state index >= 15 is 0 Å². The SMILES string of the molecule is O=C(Nc1ccc(C(=O)N2CCNCC2)cc1)Nc1ccc(-c2nc(N3CCCNCC3)nc(N3CCOCC3)n2)cc1. The number of hydrogen-bond donors (Lipinski definition) is 4. The van der Waals surface area contributed by atoms with E-state index in [1.807, 2.05) is 29.2 Å². The summed E-state index contributed by atoms with van der Waals surface area (Å²) in [5.74, 6) is 1.93. The highest BCUT2D eigenvalue weighted by molar-refractivity contribution is 6.00. The Balaban J connectivity index is 1.12. The van der Waals surface area contributed by atoms with Crippen LogP contribution >= 0.6 is 0 Å². The summed E-state index contributed by atoms with van der Waals surface area (Å²) in [7, 11) is 0. The minimum absolute atomic E-state index is 0.00314. The maximum atomic E-state index is 12.7. The number of aromatic nitrogens is 3. The van der Waals surface area contributed by atoms with Gasteiger partial charge in [-0.25, -0.2) is 4.79 Å². The van der Waals surface area contributed by atoms with Gasteiger partial charge in [-0.3, -0.25) is 4.79 Å². The Morgan fingerprint density at radius 1 is 0.674 bits per heavy atom. The number of ether oxygens (including phenoxy) is 1. The Hall–Kier alpha value is -4.33. The van der Waals surface area contributed by atoms with Gasteiger partial charge in [-0.1, -0.05) is 0 Å². The van der Waals surface area contributed by atoms with Gasteiger partial charge in [0.25, 0.3) is 5.91 Å². The number of anilines is 4. The van der Waals surface area contributed by atoms with Crippen molar-refractivity contribution in [2.24, 2.45) is 0 Å². The minimum atomic E-state index is -0.374. The van der Waals surface area contributed by atoms with Gasteiger partial charge in [0.05, 0.1) is 13.2 Å². The molecule has 0 unspecified atom stereocenters. The molecule has 0 saturated carbocycles. The predicted octanol–water partition coefficient (Wildman–Crippen LogP) is 1.86. The van der Waals surface area contributed by atoms with E-state index in [0.717, 1.165) is 64.3 Å².